The summed E-state index contributed by atoms with van der Waals surface area (Å²) >= 11 is 0. The van der Waals surface area contributed by atoms with Crippen LogP contribution in [0.4, 0.5) is 5.69 Å². The first-order valence-electron chi connectivity index (χ1n) is 13.5. The van der Waals surface area contributed by atoms with E-state index in [1.807, 2.05) is 30.3 Å². The van der Waals surface area contributed by atoms with Crippen molar-refractivity contribution >= 4 is 29.2 Å². The van der Waals surface area contributed by atoms with Gasteiger partial charge in [0, 0.05) is 42.7 Å². The van der Waals surface area contributed by atoms with Crippen molar-refractivity contribution in [3.63, 3.8) is 0 Å². The molecule has 40 heavy (non-hydrogen) atoms. The van der Waals surface area contributed by atoms with Gasteiger partial charge >= 0.3 is 0 Å². The van der Waals surface area contributed by atoms with E-state index in [1.165, 1.54) is 0 Å². The largest absolute Gasteiger partial charge is 0.340 e. The molecule has 0 aliphatic carbocycles. The van der Waals surface area contributed by atoms with Gasteiger partial charge in [0.15, 0.2) is 0 Å². The fourth-order valence-electron chi connectivity index (χ4n) is 4.63. The number of nitrogens with zero attached hydrogens (tertiary/aromatic N) is 1. The highest BCUT2D eigenvalue weighted by Gasteiger charge is 2.25. The third-order valence-electron chi connectivity index (χ3n) is 6.92. The van der Waals surface area contributed by atoms with Gasteiger partial charge in [-0.1, -0.05) is 42.5 Å². The second-order valence-electron chi connectivity index (χ2n) is 9.97. The molecule has 1 heterocycles. The van der Waals surface area contributed by atoms with E-state index < -0.39 is 24.0 Å². The molecule has 1 atom stereocenters. The Morgan fingerprint density at radius 1 is 0.825 bits per heavy atom. The standard InChI is InChI=1S/C31H35N5O4/c32-28(33)24-9-6-10-25(19-24)34-30(39)27(20-26(37)16-11-21-7-2-1-3-8-21)35-29(38)22-12-14-23(15-13-22)31(40)36-17-4-5-18-36/h1-3,6-10,12-15,19,27-28H,4-5,11,16-18,20,32-33H2,(H,34,39)(H,35,38)/t27-/m1/s1. The summed E-state index contributed by atoms with van der Waals surface area (Å²) in [6.45, 7) is 1.46. The van der Waals surface area contributed by atoms with Crippen molar-refractivity contribution < 1.29 is 19.2 Å². The Labute approximate surface area is 233 Å². The van der Waals surface area contributed by atoms with Gasteiger partial charge in [0.05, 0.1) is 6.17 Å². The summed E-state index contributed by atoms with van der Waals surface area (Å²) in [6.07, 6.45) is 1.85. The first-order valence-corrected chi connectivity index (χ1v) is 13.5. The summed E-state index contributed by atoms with van der Waals surface area (Å²) < 4.78 is 0. The summed E-state index contributed by atoms with van der Waals surface area (Å²) in [5.74, 6) is -1.28. The number of Topliss-reactive ketones (excluding diaryl/α,β-unsaturated/α-hetero) is 1. The zero-order valence-electron chi connectivity index (χ0n) is 22.3. The van der Waals surface area contributed by atoms with Crippen molar-refractivity contribution in [1.82, 2.24) is 10.2 Å². The van der Waals surface area contributed by atoms with Crippen LogP contribution in [-0.4, -0.2) is 47.5 Å². The third-order valence-corrected chi connectivity index (χ3v) is 6.92. The molecule has 1 aliphatic heterocycles. The van der Waals surface area contributed by atoms with Gasteiger partial charge in [0.25, 0.3) is 11.8 Å². The number of benzene rings is 3. The number of nitrogens with two attached hydrogens (primary N) is 2. The highest BCUT2D eigenvalue weighted by molar-refractivity contribution is 6.03. The fraction of sp³-hybridized carbons (Fsp3) is 0.290. The number of ketones is 1. The van der Waals surface area contributed by atoms with Crippen LogP contribution >= 0.6 is 0 Å². The number of hydrogen-bond acceptors (Lipinski definition) is 6. The van der Waals surface area contributed by atoms with Crippen LogP contribution in [0, 0.1) is 0 Å². The topological polar surface area (TPSA) is 148 Å². The number of nitrogens with one attached hydrogen (secondary N) is 2. The van der Waals surface area contributed by atoms with Crippen LogP contribution in [0.1, 0.15) is 63.7 Å². The van der Waals surface area contributed by atoms with Gasteiger partial charge in [-0.2, -0.15) is 0 Å². The maximum absolute atomic E-state index is 13.3. The Kier molecular flexibility index (Phi) is 9.77. The van der Waals surface area contributed by atoms with Crippen LogP contribution in [0.15, 0.2) is 78.9 Å². The second kappa shape index (κ2) is 13.6. The highest BCUT2D eigenvalue weighted by atomic mass is 16.2. The molecule has 0 aromatic heterocycles. The van der Waals surface area contributed by atoms with Gasteiger partial charge in [-0.05, 0) is 66.8 Å². The van der Waals surface area contributed by atoms with Crippen molar-refractivity contribution in [2.75, 3.05) is 18.4 Å². The van der Waals surface area contributed by atoms with Crippen molar-refractivity contribution in [1.29, 1.82) is 0 Å². The number of carbonyl (C=O) groups excluding carboxylic acids is 4. The molecule has 0 radical (unpaired) electrons. The van der Waals surface area contributed by atoms with Crippen LogP contribution < -0.4 is 22.1 Å². The highest BCUT2D eigenvalue weighted by Crippen LogP contribution is 2.16. The lowest BCUT2D eigenvalue weighted by atomic mass is 10.0. The summed E-state index contributed by atoms with van der Waals surface area (Å²) in [5.41, 5.74) is 14.4. The average Bonchev–Trinajstić information content (AvgIpc) is 3.51. The molecule has 1 fully saturated rings. The lowest BCUT2D eigenvalue weighted by molar-refractivity contribution is -0.124. The summed E-state index contributed by atoms with van der Waals surface area (Å²) in [6, 6.07) is 21.6. The van der Waals surface area contributed by atoms with E-state index in [9.17, 15) is 19.2 Å². The number of aryl methyl sites for hydroxylation is 1. The summed E-state index contributed by atoms with van der Waals surface area (Å²) in [4.78, 5) is 53.7. The zero-order valence-corrected chi connectivity index (χ0v) is 22.3. The Bertz CT molecular complexity index is 1340. The molecule has 0 saturated carbocycles. The Morgan fingerprint density at radius 2 is 1.50 bits per heavy atom. The number of carbonyl (C=O) groups is 4. The van der Waals surface area contributed by atoms with E-state index in [0.717, 1.165) is 31.5 Å². The minimum Gasteiger partial charge on any atom is -0.340 e. The first kappa shape index (κ1) is 28.7. The molecule has 3 amide bonds. The van der Waals surface area contributed by atoms with Crippen LogP contribution in [0.5, 0.6) is 0 Å². The summed E-state index contributed by atoms with van der Waals surface area (Å²) in [7, 11) is 0. The average molecular weight is 542 g/mol. The maximum Gasteiger partial charge on any atom is 0.253 e. The molecule has 0 unspecified atom stereocenters. The van der Waals surface area contributed by atoms with E-state index in [4.69, 9.17) is 11.5 Å². The normalized spacial score (nSPS) is 13.6. The van der Waals surface area contributed by atoms with Crippen molar-refractivity contribution in [3.8, 4) is 0 Å². The van der Waals surface area contributed by atoms with Gasteiger partial charge in [-0.3, -0.25) is 19.2 Å². The van der Waals surface area contributed by atoms with E-state index in [0.29, 0.717) is 23.2 Å². The molecule has 3 aromatic rings. The van der Waals surface area contributed by atoms with Crippen molar-refractivity contribution in [3.05, 3.63) is 101 Å². The third kappa shape index (κ3) is 7.84. The molecular weight excluding hydrogens is 506 g/mol. The van der Waals surface area contributed by atoms with E-state index in [2.05, 4.69) is 10.6 Å². The smallest absolute Gasteiger partial charge is 0.253 e. The maximum atomic E-state index is 13.3. The number of rotatable bonds is 11. The van der Waals surface area contributed by atoms with Crippen molar-refractivity contribution in [2.24, 2.45) is 11.5 Å². The zero-order chi connectivity index (χ0) is 28.5. The van der Waals surface area contributed by atoms with E-state index >= 15 is 0 Å². The number of amides is 3. The Hall–Kier alpha value is -4.34. The molecule has 6 N–H and O–H groups in total. The SMILES string of the molecule is NC(N)c1cccc(NC(=O)[C@@H](CC(=O)CCc2ccccc2)NC(=O)c2ccc(C(=O)N3CCCC3)cc2)c1. The van der Waals surface area contributed by atoms with E-state index in [-0.39, 0.29) is 30.1 Å². The molecule has 4 rings (SSSR count). The predicted molar refractivity (Wildman–Crippen MR) is 153 cm³/mol. The number of anilines is 1. The molecular formula is C31H35N5O4. The number of likely N-dealkylation sites (tertiary alicyclic amines) is 1. The van der Waals surface area contributed by atoms with Gasteiger partial charge < -0.3 is 27.0 Å². The molecule has 3 aromatic carbocycles. The van der Waals surface area contributed by atoms with Crippen LogP contribution in [0.3, 0.4) is 0 Å². The fourth-order valence-corrected chi connectivity index (χ4v) is 4.63. The van der Waals surface area contributed by atoms with Gasteiger partial charge in [-0.15, -0.1) is 0 Å². The van der Waals surface area contributed by atoms with Crippen LogP contribution in [-0.2, 0) is 16.0 Å². The molecule has 0 spiro atoms. The molecule has 208 valence electrons. The van der Waals surface area contributed by atoms with Gasteiger partial charge in [0.2, 0.25) is 5.91 Å². The van der Waals surface area contributed by atoms with E-state index in [1.54, 1.807) is 53.4 Å². The molecule has 1 saturated heterocycles. The first-order chi connectivity index (χ1) is 19.3. The Morgan fingerprint density at radius 3 is 2.17 bits per heavy atom. The Balaban J connectivity index is 1.45. The minimum atomic E-state index is -1.11. The number of hydrogen-bond donors (Lipinski definition) is 4. The second-order valence-corrected chi connectivity index (χ2v) is 9.97. The van der Waals surface area contributed by atoms with Crippen LogP contribution in [0.2, 0.25) is 0 Å². The predicted octanol–water partition coefficient (Wildman–Crippen LogP) is 3.17. The van der Waals surface area contributed by atoms with Gasteiger partial charge in [0.1, 0.15) is 11.8 Å². The quantitative estimate of drug-likeness (QED) is 0.274. The molecule has 9 heteroatoms. The molecule has 0 bridgehead atoms. The monoisotopic (exact) mass is 541 g/mol. The summed E-state index contributed by atoms with van der Waals surface area (Å²) in [5, 5.41) is 5.47. The van der Waals surface area contributed by atoms with Crippen molar-refractivity contribution in [2.45, 2.75) is 44.3 Å². The molecule has 9 nitrogen and oxygen atoms in total. The van der Waals surface area contributed by atoms with Gasteiger partial charge in [-0.25, -0.2) is 0 Å². The lowest BCUT2D eigenvalue weighted by Crippen LogP contribution is -2.45. The minimum absolute atomic E-state index is 0.0647. The molecule has 1 aliphatic rings. The lowest BCUT2D eigenvalue weighted by Gasteiger charge is -2.19. The van der Waals surface area contributed by atoms with Crippen LogP contribution in [0.25, 0.3) is 0 Å².